The molecule has 0 unspecified atom stereocenters. The molecule has 0 bridgehead atoms. The third-order valence-electron chi connectivity index (χ3n) is 3.09. The first-order chi connectivity index (χ1) is 10.5. The summed E-state index contributed by atoms with van der Waals surface area (Å²) in [6.45, 7) is 5.39. The van der Waals surface area contributed by atoms with Crippen LogP contribution in [0.3, 0.4) is 0 Å². The average molecular weight is 302 g/mol. The molecule has 1 heterocycles. The van der Waals surface area contributed by atoms with Gasteiger partial charge in [0.2, 0.25) is 0 Å². The molecule has 0 spiro atoms. The van der Waals surface area contributed by atoms with Gasteiger partial charge in [0, 0.05) is 5.56 Å². The molecule has 0 aliphatic heterocycles. The fourth-order valence-corrected chi connectivity index (χ4v) is 1.83. The van der Waals surface area contributed by atoms with Crippen molar-refractivity contribution in [3.8, 4) is 5.75 Å². The maximum absolute atomic E-state index is 11.7. The van der Waals surface area contributed by atoms with E-state index in [1.54, 1.807) is 13.0 Å². The van der Waals surface area contributed by atoms with Crippen LogP contribution in [-0.2, 0) is 4.79 Å². The summed E-state index contributed by atoms with van der Waals surface area (Å²) in [5.74, 6) is -0.167. The zero-order valence-electron chi connectivity index (χ0n) is 12.7. The molecule has 0 atom stereocenters. The van der Waals surface area contributed by atoms with Crippen molar-refractivity contribution in [1.29, 1.82) is 0 Å². The Labute approximate surface area is 128 Å². The van der Waals surface area contributed by atoms with Gasteiger partial charge in [0.05, 0.1) is 6.26 Å². The van der Waals surface area contributed by atoms with Crippen molar-refractivity contribution < 1.29 is 18.7 Å². The van der Waals surface area contributed by atoms with E-state index in [0.717, 1.165) is 11.1 Å². The van der Waals surface area contributed by atoms with Crippen molar-refractivity contribution in [2.75, 3.05) is 6.61 Å². The smallest absolute Gasteiger partial charge is 0.305 e. The molecule has 0 radical (unpaired) electrons. The van der Waals surface area contributed by atoms with E-state index < -0.39 is 11.8 Å². The molecule has 6 heteroatoms. The SMILES string of the molecule is Cc1ccc(C)c(OCC(=O)NNC(=O)c2occc2C)c1. The number of nitrogens with one attached hydrogen (secondary N) is 2. The largest absolute Gasteiger partial charge is 0.483 e. The molecular weight excluding hydrogens is 284 g/mol. The molecule has 1 aromatic carbocycles. The van der Waals surface area contributed by atoms with Gasteiger partial charge < -0.3 is 9.15 Å². The van der Waals surface area contributed by atoms with Gasteiger partial charge in [-0.05, 0) is 44.0 Å². The van der Waals surface area contributed by atoms with Crippen LogP contribution >= 0.6 is 0 Å². The molecule has 1 aromatic heterocycles. The quantitative estimate of drug-likeness (QED) is 0.847. The Morgan fingerprint density at radius 1 is 1.09 bits per heavy atom. The second kappa shape index (κ2) is 6.80. The monoisotopic (exact) mass is 302 g/mol. The Kier molecular flexibility index (Phi) is 4.83. The van der Waals surface area contributed by atoms with Crippen LogP contribution in [0.1, 0.15) is 27.2 Å². The van der Waals surface area contributed by atoms with Gasteiger partial charge in [-0.3, -0.25) is 20.4 Å². The number of furan rings is 1. The lowest BCUT2D eigenvalue weighted by molar-refractivity contribution is -0.123. The van der Waals surface area contributed by atoms with E-state index in [1.165, 1.54) is 6.26 Å². The number of carbonyl (C=O) groups excluding carboxylic acids is 2. The number of aryl methyl sites for hydroxylation is 3. The van der Waals surface area contributed by atoms with E-state index in [0.29, 0.717) is 11.3 Å². The third-order valence-corrected chi connectivity index (χ3v) is 3.09. The minimum absolute atomic E-state index is 0.163. The summed E-state index contributed by atoms with van der Waals surface area (Å²) in [7, 11) is 0. The molecule has 116 valence electrons. The number of amides is 2. The number of rotatable bonds is 4. The summed E-state index contributed by atoms with van der Waals surface area (Å²) in [5, 5.41) is 0. The predicted molar refractivity (Wildman–Crippen MR) is 80.5 cm³/mol. The zero-order chi connectivity index (χ0) is 16.1. The first-order valence-electron chi connectivity index (χ1n) is 6.80. The molecule has 0 saturated heterocycles. The highest BCUT2D eigenvalue weighted by Gasteiger charge is 2.13. The van der Waals surface area contributed by atoms with Crippen LogP contribution in [-0.4, -0.2) is 18.4 Å². The summed E-state index contributed by atoms with van der Waals surface area (Å²) in [6, 6.07) is 7.41. The van der Waals surface area contributed by atoms with Gasteiger partial charge in [0.1, 0.15) is 5.75 Å². The van der Waals surface area contributed by atoms with Gasteiger partial charge in [0.15, 0.2) is 12.4 Å². The maximum atomic E-state index is 11.7. The Bertz CT molecular complexity index is 691. The average Bonchev–Trinajstić information content (AvgIpc) is 2.92. The van der Waals surface area contributed by atoms with Crippen molar-refractivity contribution in [3.05, 3.63) is 53.0 Å². The first kappa shape index (κ1) is 15.6. The fourth-order valence-electron chi connectivity index (χ4n) is 1.83. The molecule has 0 fully saturated rings. The highest BCUT2D eigenvalue weighted by molar-refractivity contribution is 5.94. The normalized spacial score (nSPS) is 10.1. The second-order valence-electron chi connectivity index (χ2n) is 4.99. The Balaban J connectivity index is 1.82. The Morgan fingerprint density at radius 2 is 1.86 bits per heavy atom. The summed E-state index contributed by atoms with van der Waals surface area (Å²) in [4.78, 5) is 23.4. The van der Waals surface area contributed by atoms with Gasteiger partial charge in [-0.15, -0.1) is 0 Å². The van der Waals surface area contributed by atoms with E-state index in [9.17, 15) is 9.59 Å². The highest BCUT2D eigenvalue weighted by atomic mass is 16.5. The molecule has 2 rings (SSSR count). The molecule has 0 saturated carbocycles. The molecule has 2 N–H and O–H groups in total. The van der Waals surface area contributed by atoms with Crippen LogP contribution < -0.4 is 15.6 Å². The molecule has 22 heavy (non-hydrogen) atoms. The summed E-state index contributed by atoms with van der Waals surface area (Å²) < 4.78 is 10.5. The summed E-state index contributed by atoms with van der Waals surface area (Å²) in [6.07, 6.45) is 1.41. The number of ether oxygens (including phenoxy) is 1. The Morgan fingerprint density at radius 3 is 2.55 bits per heavy atom. The zero-order valence-corrected chi connectivity index (χ0v) is 12.7. The van der Waals surface area contributed by atoms with Crippen molar-refractivity contribution in [3.63, 3.8) is 0 Å². The molecule has 0 aliphatic rings. The van der Waals surface area contributed by atoms with Gasteiger partial charge in [0.25, 0.3) is 5.91 Å². The number of benzene rings is 1. The van der Waals surface area contributed by atoms with Crippen LogP contribution in [0.5, 0.6) is 5.75 Å². The molecular formula is C16H18N2O4. The molecule has 0 aliphatic carbocycles. The second-order valence-corrected chi connectivity index (χ2v) is 4.99. The standard InChI is InChI=1S/C16H18N2O4/c1-10-4-5-11(2)13(8-10)22-9-14(19)17-18-16(20)15-12(3)6-7-21-15/h4-8H,9H2,1-3H3,(H,17,19)(H,18,20). The van der Waals surface area contributed by atoms with Crippen LogP contribution in [0.4, 0.5) is 0 Å². The maximum Gasteiger partial charge on any atom is 0.305 e. The van der Waals surface area contributed by atoms with Gasteiger partial charge in [-0.2, -0.15) is 0 Å². The van der Waals surface area contributed by atoms with Crippen molar-refractivity contribution in [2.24, 2.45) is 0 Å². The van der Waals surface area contributed by atoms with Crippen molar-refractivity contribution >= 4 is 11.8 Å². The predicted octanol–water partition coefficient (Wildman–Crippen LogP) is 2.04. The van der Waals surface area contributed by atoms with Crippen LogP contribution in [0.15, 0.2) is 34.9 Å². The topological polar surface area (TPSA) is 80.6 Å². The van der Waals surface area contributed by atoms with E-state index in [2.05, 4.69) is 10.9 Å². The van der Waals surface area contributed by atoms with Crippen LogP contribution in [0, 0.1) is 20.8 Å². The fraction of sp³-hybridized carbons (Fsp3) is 0.250. The van der Waals surface area contributed by atoms with Crippen LogP contribution in [0.2, 0.25) is 0 Å². The van der Waals surface area contributed by atoms with E-state index in [-0.39, 0.29) is 12.4 Å². The van der Waals surface area contributed by atoms with Gasteiger partial charge >= 0.3 is 5.91 Å². The minimum atomic E-state index is -0.511. The number of carbonyl (C=O) groups is 2. The van der Waals surface area contributed by atoms with E-state index >= 15 is 0 Å². The lowest BCUT2D eigenvalue weighted by Crippen LogP contribution is -2.43. The minimum Gasteiger partial charge on any atom is -0.483 e. The lowest BCUT2D eigenvalue weighted by atomic mass is 10.1. The van der Waals surface area contributed by atoms with E-state index in [4.69, 9.17) is 9.15 Å². The first-order valence-corrected chi connectivity index (χ1v) is 6.80. The number of hydrogen-bond donors (Lipinski definition) is 2. The molecule has 6 nitrogen and oxygen atoms in total. The molecule has 2 amide bonds. The summed E-state index contributed by atoms with van der Waals surface area (Å²) >= 11 is 0. The number of hydrogen-bond acceptors (Lipinski definition) is 4. The van der Waals surface area contributed by atoms with Gasteiger partial charge in [-0.25, -0.2) is 0 Å². The number of hydrazine groups is 1. The Hall–Kier alpha value is -2.76. The van der Waals surface area contributed by atoms with Crippen molar-refractivity contribution in [1.82, 2.24) is 10.9 Å². The summed E-state index contributed by atoms with van der Waals surface area (Å²) in [5.41, 5.74) is 7.23. The van der Waals surface area contributed by atoms with Crippen LogP contribution in [0.25, 0.3) is 0 Å². The van der Waals surface area contributed by atoms with Crippen molar-refractivity contribution in [2.45, 2.75) is 20.8 Å². The van der Waals surface area contributed by atoms with Gasteiger partial charge in [-0.1, -0.05) is 12.1 Å². The van der Waals surface area contributed by atoms with E-state index in [1.807, 2.05) is 32.0 Å². The highest BCUT2D eigenvalue weighted by Crippen LogP contribution is 2.18. The molecule has 2 aromatic rings. The lowest BCUT2D eigenvalue weighted by Gasteiger charge is -2.10. The third kappa shape index (κ3) is 3.88.